The number of halogens is 2. The van der Waals surface area contributed by atoms with Gasteiger partial charge in [-0.3, -0.25) is 30.5 Å². The van der Waals surface area contributed by atoms with E-state index in [1.54, 1.807) is 7.05 Å². The van der Waals surface area contributed by atoms with Crippen molar-refractivity contribution in [2.24, 2.45) is 11.7 Å². The first-order valence-corrected chi connectivity index (χ1v) is 12.2. The Bertz CT molecular complexity index is 1310. The summed E-state index contributed by atoms with van der Waals surface area (Å²) in [6.45, 7) is 0. The Morgan fingerprint density at radius 2 is 1.95 bits per heavy atom. The van der Waals surface area contributed by atoms with Gasteiger partial charge in [0.25, 0.3) is 5.91 Å². The van der Waals surface area contributed by atoms with Gasteiger partial charge in [0, 0.05) is 31.6 Å². The zero-order chi connectivity index (χ0) is 27.5. The number of primary amides is 1. The lowest BCUT2D eigenvalue weighted by Crippen LogP contribution is -2.60. The molecule has 37 heavy (non-hydrogen) atoms. The first-order chi connectivity index (χ1) is 17.4. The highest BCUT2D eigenvalue weighted by Gasteiger charge is 2.42. The van der Waals surface area contributed by atoms with Crippen molar-refractivity contribution in [3.05, 3.63) is 63.1 Å². The minimum Gasteiger partial charge on any atom is -0.503 e. The molecule has 0 bridgehead atoms. The number of amides is 2. The molecule has 0 aliphatic heterocycles. The van der Waals surface area contributed by atoms with Crippen molar-refractivity contribution >= 4 is 33.7 Å². The van der Waals surface area contributed by atoms with Crippen LogP contribution in [0.25, 0.3) is 0 Å². The minimum absolute atomic E-state index is 0.0516. The summed E-state index contributed by atoms with van der Waals surface area (Å²) in [6, 6.07) is 2.94. The van der Waals surface area contributed by atoms with E-state index in [0.29, 0.717) is 43.5 Å². The molecule has 1 aliphatic rings. The van der Waals surface area contributed by atoms with E-state index in [0.717, 1.165) is 12.3 Å². The van der Waals surface area contributed by atoms with Crippen molar-refractivity contribution in [2.45, 2.75) is 37.8 Å². The summed E-state index contributed by atoms with van der Waals surface area (Å²) in [4.78, 5) is 41.5. The lowest BCUT2D eigenvalue weighted by molar-refractivity contribution is -0.123. The Labute approximate surface area is 215 Å². The van der Waals surface area contributed by atoms with Gasteiger partial charge in [-0.2, -0.15) is 0 Å². The van der Waals surface area contributed by atoms with Gasteiger partial charge in [0.15, 0.2) is 11.4 Å². The Balaban J connectivity index is 1.75. The van der Waals surface area contributed by atoms with Crippen LogP contribution in [-0.4, -0.2) is 56.7 Å². The first-order valence-electron chi connectivity index (χ1n) is 11.4. The minimum atomic E-state index is -0.982. The van der Waals surface area contributed by atoms with Crippen molar-refractivity contribution < 1.29 is 23.5 Å². The summed E-state index contributed by atoms with van der Waals surface area (Å²) >= 11 is 0.564. The lowest BCUT2D eigenvalue weighted by atomic mass is 9.80. The number of aromatic hydroxyl groups is 1. The highest BCUT2D eigenvalue weighted by molar-refractivity contribution is 8.26. The molecule has 1 aromatic heterocycles. The quantitative estimate of drug-likeness (QED) is 0.180. The van der Waals surface area contributed by atoms with Crippen LogP contribution in [-0.2, 0) is 11.2 Å². The molecule has 1 heterocycles. The van der Waals surface area contributed by atoms with Crippen molar-refractivity contribution in [3.63, 3.8) is 0 Å². The number of hydrogen-bond acceptors (Lipinski definition) is 8. The maximum atomic E-state index is 13.9. The van der Waals surface area contributed by atoms with Gasteiger partial charge < -0.3 is 20.7 Å². The third-order valence-electron chi connectivity index (χ3n) is 6.73. The van der Waals surface area contributed by atoms with Gasteiger partial charge in [-0.1, -0.05) is 17.8 Å². The van der Waals surface area contributed by atoms with Crippen LogP contribution in [0.5, 0.6) is 5.75 Å². The van der Waals surface area contributed by atoms with Crippen molar-refractivity contribution in [1.29, 1.82) is 10.8 Å². The molecule has 1 aliphatic carbocycles. The van der Waals surface area contributed by atoms with Gasteiger partial charge in [0.05, 0.1) is 16.3 Å². The molecule has 2 amide bonds. The molecule has 10 nitrogen and oxygen atoms in total. The van der Waals surface area contributed by atoms with Gasteiger partial charge >= 0.3 is 0 Å². The third-order valence-corrected chi connectivity index (χ3v) is 7.55. The Hall–Kier alpha value is -3.58. The molecule has 198 valence electrons. The topological polar surface area (TPSA) is 176 Å². The fraction of sp³-hybridized carbons (Fsp3) is 0.375. The molecule has 0 saturated heterocycles. The van der Waals surface area contributed by atoms with Crippen LogP contribution in [0.15, 0.2) is 29.2 Å². The largest absolute Gasteiger partial charge is 0.503 e. The zero-order valence-electron chi connectivity index (χ0n) is 20.3. The molecule has 7 N–H and O–H groups in total. The highest BCUT2D eigenvalue weighted by atomic mass is 32.2. The van der Waals surface area contributed by atoms with Crippen LogP contribution in [0.3, 0.4) is 0 Å². The van der Waals surface area contributed by atoms with Gasteiger partial charge in [-0.25, -0.2) is 8.78 Å². The average molecular weight is 535 g/mol. The molecule has 0 spiro atoms. The second-order valence-corrected chi connectivity index (χ2v) is 9.95. The van der Waals surface area contributed by atoms with E-state index in [4.69, 9.17) is 16.6 Å². The third kappa shape index (κ3) is 5.88. The number of carbonyl (C=O) groups is 2. The van der Waals surface area contributed by atoms with Crippen LogP contribution >= 0.6 is 11.8 Å². The number of aromatic nitrogens is 1. The Morgan fingerprint density at radius 3 is 2.51 bits per heavy atom. The van der Waals surface area contributed by atoms with E-state index < -0.39 is 45.3 Å². The number of carbonyl (C=O) groups excluding carboxylic acids is 2. The van der Waals surface area contributed by atoms with E-state index in [1.165, 1.54) is 18.0 Å². The molecule has 13 heteroatoms. The monoisotopic (exact) mass is 534 g/mol. The average Bonchev–Trinajstić information content (AvgIpc) is 2.86. The zero-order valence-corrected chi connectivity index (χ0v) is 21.1. The summed E-state index contributed by atoms with van der Waals surface area (Å²) in [7, 11) is 3.19. The van der Waals surface area contributed by atoms with E-state index in [9.17, 15) is 28.3 Å². The predicted octanol–water partition coefficient (Wildman–Crippen LogP) is 2.30. The summed E-state index contributed by atoms with van der Waals surface area (Å²) in [5.41, 5.74) is 3.00. The second kappa shape index (κ2) is 11.2. The van der Waals surface area contributed by atoms with E-state index in [2.05, 4.69) is 10.3 Å². The highest BCUT2D eigenvalue weighted by Crippen LogP contribution is 2.35. The molecule has 2 aromatic rings. The maximum Gasteiger partial charge on any atom is 0.275 e. The second-order valence-electron chi connectivity index (χ2n) is 8.84. The standard InChI is InChI=1S/C24H28F2N6O4S/c1-30-24(7-5-12(6-8-24)21(28)35)32(2)23(36)18-20(34)19(33)15(11-31-18)22(29)37-17(27)9-13-3-4-14(25)10-16(13)26/h3-4,10-12,27,29-30,34H,5-9H2,1-2H3,(H2,28,35)(H,31,33). The summed E-state index contributed by atoms with van der Waals surface area (Å²) in [6.07, 6.45) is 2.67. The van der Waals surface area contributed by atoms with Crippen molar-refractivity contribution in [1.82, 2.24) is 15.2 Å². The van der Waals surface area contributed by atoms with Crippen LogP contribution in [0.4, 0.5) is 8.78 Å². The van der Waals surface area contributed by atoms with E-state index in [-0.39, 0.29) is 34.2 Å². The van der Waals surface area contributed by atoms with Crippen LogP contribution in [0.2, 0.25) is 0 Å². The Kier molecular flexibility index (Phi) is 8.49. The number of rotatable bonds is 7. The van der Waals surface area contributed by atoms with Crippen LogP contribution < -0.4 is 16.5 Å². The smallest absolute Gasteiger partial charge is 0.275 e. The predicted molar refractivity (Wildman–Crippen MR) is 136 cm³/mol. The number of nitrogens with two attached hydrogens (primary N) is 1. The first kappa shape index (κ1) is 28.0. The maximum absolute atomic E-state index is 13.9. The van der Waals surface area contributed by atoms with E-state index >= 15 is 0 Å². The summed E-state index contributed by atoms with van der Waals surface area (Å²) in [5, 5.41) is 29.3. The normalized spacial score (nSPS) is 19.3. The molecule has 3 rings (SSSR count). The summed E-state index contributed by atoms with van der Waals surface area (Å²) < 4.78 is 27.0. The molecule has 1 aromatic carbocycles. The van der Waals surface area contributed by atoms with Crippen molar-refractivity contribution in [2.75, 3.05) is 14.1 Å². The number of thioether (sulfide) groups is 1. The van der Waals surface area contributed by atoms with E-state index in [1.807, 2.05) is 0 Å². The lowest BCUT2D eigenvalue weighted by Gasteiger charge is -2.45. The molecule has 1 fully saturated rings. The van der Waals surface area contributed by atoms with Crippen LogP contribution in [0.1, 0.15) is 47.3 Å². The molecular weight excluding hydrogens is 506 g/mol. The fourth-order valence-corrected chi connectivity index (χ4v) is 5.13. The molecule has 0 radical (unpaired) electrons. The number of H-pyrrole nitrogens is 1. The van der Waals surface area contributed by atoms with Gasteiger partial charge in [0.2, 0.25) is 11.3 Å². The fourth-order valence-electron chi connectivity index (χ4n) is 4.40. The van der Waals surface area contributed by atoms with Crippen molar-refractivity contribution in [3.8, 4) is 5.75 Å². The number of pyridine rings is 1. The summed E-state index contributed by atoms with van der Waals surface area (Å²) in [5.74, 6) is -3.83. The van der Waals surface area contributed by atoms with Crippen LogP contribution in [0, 0.1) is 28.4 Å². The van der Waals surface area contributed by atoms with Gasteiger partial charge in [0.1, 0.15) is 16.7 Å². The number of nitrogens with one attached hydrogen (secondary N) is 4. The molecule has 0 atom stereocenters. The Morgan fingerprint density at radius 1 is 1.30 bits per heavy atom. The molecule has 1 saturated carbocycles. The number of hydrogen-bond donors (Lipinski definition) is 6. The number of nitrogens with zero attached hydrogens (tertiary/aromatic N) is 1. The van der Waals surface area contributed by atoms with Gasteiger partial charge in [-0.05, 0) is 44.4 Å². The van der Waals surface area contributed by atoms with Gasteiger partial charge in [-0.15, -0.1) is 0 Å². The number of benzene rings is 1. The number of aromatic amines is 1. The SMILES string of the molecule is CNC1(N(C)C(=O)c2[nH]cc(C(=N)SC(=N)Cc3ccc(F)cc3F)c(=O)c2O)CCC(C(N)=O)CC1. The molecular formula is C24H28F2N6O4S. The molecule has 0 unspecified atom stereocenters.